The van der Waals surface area contributed by atoms with Crippen molar-refractivity contribution in [3.8, 4) is 0 Å². The first-order chi connectivity index (χ1) is 8.99. The van der Waals surface area contributed by atoms with Gasteiger partial charge in [-0.15, -0.1) is 0 Å². The molecule has 0 saturated carbocycles. The molecule has 3 nitrogen and oxygen atoms in total. The summed E-state index contributed by atoms with van der Waals surface area (Å²) in [5.41, 5.74) is 7.55. The number of benzene rings is 1. The Morgan fingerprint density at radius 3 is 2.84 bits per heavy atom. The van der Waals surface area contributed by atoms with Crippen LogP contribution in [0.1, 0.15) is 18.4 Å². The Labute approximate surface area is 125 Å². The van der Waals surface area contributed by atoms with Gasteiger partial charge in [-0.25, -0.2) is 0 Å². The zero-order valence-electron chi connectivity index (χ0n) is 11.4. The molecule has 0 aromatic heterocycles. The smallest absolute Gasteiger partial charge is 0.105 e. The summed E-state index contributed by atoms with van der Waals surface area (Å²) in [6.07, 6.45) is 2.46. The Balaban J connectivity index is 2.21. The van der Waals surface area contributed by atoms with Crippen LogP contribution in [0.15, 0.2) is 18.2 Å². The van der Waals surface area contributed by atoms with Crippen LogP contribution in [0.2, 0.25) is 5.02 Å². The maximum Gasteiger partial charge on any atom is 0.105 e. The standard InChI is InChI=1S/C14H20ClN3S/c1-17(2)9-11-4-3-7-18(11)10-5-6-12(14(16)19)13(15)8-10/h5-6,8,11H,3-4,7,9H2,1-2H3,(H2,16,19). The van der Waals surface area contributed by atoms with Gasteiger partial charge in [-0.05, 0) is 45.1 Å². The van der Waals surface area contributed by atoms with E-state index in [4.69, 9.17) is 29.6 Å². The summed E-state index contributed by atoms with van der Waals surface area (Å²) in [5.74, 6) is 0. The van der Waals surface area contributed by atoms with Gasteiger partial charge >= 0.3 is 0 Å². The van der Waals surface area contributed by atoms with Crippen molar-refractivity contribution in [2.45, 2.75) is 18.9 Å². The van der Waals surface area contributed by atoms with E-state index in [1.807, 2.05) is 12.1 Å². The van der Waals surface area contributed by atoms with Gasteiger partial charge in [-0.2, -0.15) is 0 Å². The summed E-state index contributed by atoms with van der Waals surface area (Å²) in [6, 6.07) is 6.52. The second-order valence-corrected chi connectivity index (χ2v) is 6.13. The molecule has 2 N–H and O–H groups in total. The molecule has 1 atom stereocenters. The van der Waals surface area contributed by atoms with Crippen LogP contribution in [0, 0.1) is 0 Å². The van der Waals surface area contributed by atoms with E-state index in [9.17, 15) is 0 Å². The zero-order valence-corrected chi connectivity index (χ0v) is 13.0. The van der Waals surface area contributed by atoms with Crippen LogP contribution in [-0.4, -0.2) is 43.1 Å². The summed E-state index contributed by atoms with van der Waals surface area (Å²) < 4.78 is 0. The fourth-order valence-electron chi connectivity index (χ4n) is 2.67. The van der Waals surface area contributed by atoms with Crippen molar-refractivity contribution in [2.24, 2.45) is 5.73 Å². The van der Waals surface area contributed by atoms with Crippen LogP contribution in [0.25, 0.3) is 0 Å². The van der Waals surface area contributed by atoms with E-state index >= 15 is 0 Å². The van der Waals surface area contributed by atoms with Crippen molar-refractivity contribution in [1.29, 1.82) is 0 Å². The monoisotopic (exact) mass is 297 g/mol. The molecule has 1 heterocycles. The molecule has 1 fully saturated rings. The summed E-state index contributed by atoms with van der Waals surface area (Å²) in [4.78, 5) is 5.01. The number of halogens is 1. The van der Waals surface area contributed by atoms with E-state index < -0.39 is 0 Å². The zero-order chi connectivity index (χ0) is 14.0. The molecule has 0 spiro atoms. The summed E-state index contributed by atoms with van der Waals surface area (Å²) in [6.45, 7) is 2.15. The lowest BCUT2D eigenvalue weighted by atomic mass is 10.1. The van der Waals surface area contributed by atoms with Crippen molar-refractivity contribution >= 4 is 34.5 Å². The second kappa shape index (κ2) is 6.07. The van der Waals surface area contributed by atoms with Crippen molar-refractivity contribution in [3.05, 3.63) is 28.8 Å². The molecule has 104 valence electrons. The lowest BCUT2D eigenvalue weighted by molar-refractivity contribution is 0.372. The number of thiocarbonyl (C=S) groups is 1. The third kappa shape index (κ3) is 3.38. The van der Waals surface area contributed by atoms with Gasteiger partial charge in [0.25, 0.3) is 0 Å². The van der Waals surface area contributed by atoms with Gasteiger partial charge in [0.2, 0.25) is 0 Å². The molecule has 0 radical (unpaired) electrons. The second-order valence-electron chi connectivity index (χ2n) is 5.28. The summed E-state index contributed by atoms with van der Waals surface area (Å²) in [7, 11) is 4.22. The molecule has 1 unspecified atom stereocenters. The molecule has 0 aliphatic carbocycles. The molecule has 1 aromatic rings. The van der Waals surface area contributed by atoms with Crippen molar-refractivity contribution in [1.82, 2.24) is 4.90 Å². The Kier molecular flexibility index (Phi) is 4.66. The number of nitrogens with two attached hydrogens (primary N) is 1. The Morgan fingerprint density at radius 2 is 2.26 bits per heavy atom. The van der Waals surface area contributed by atoms with Gasteiger partial charge in [-0.3, -0.25) is 0 Å². The van der Waals surface area contributed by atoms with Gasteiger partial charge in [0.05, 0.1) is 5.02 Å². The van der Waals surface area contributed by atoms with Crippen LogP contribution in [-0.2, 0) is 0 Å². The molecular formula is C14H20ClN3S. The van der Waals surface area contributed by atoms with Crippen LogP contribution >= 0.6 is 23.8 Å². The number of nitrogens with zero attached hydrogens (tertiary/aromatic N) is 2. The average molecular weight is 298 g/mol. The van der Waals surface area contributed by atoms with Gasteiger partial charge in [-0.1, -0.05) is 23.8 Å². The van der Waals surface area contributed by atoms with E-state index in [0.29, 0.717) is 16.1 Å². The van der Waals surface area contributed by atoms with Crippen LogP contribution < -0.4 is 10.6 Å². The number of rotatable bonds is 4. The van der Waals surface area contributed by atoms with Crippen molar-refractivity contribution in [2.75, 3.05) is 32.1 Å². The first-order valence-corrected chi connectivity index (χ1v) is 7.28. The fraction of sp³-hybridized carbons (Fsp3) is 0.500. The van der Waals surface area contributed by atoms with Gasteiger partial charge in [0.1, 0.15) is 4.99 Å². The lowest BCUT2D eigenvalue weighted by Crippen LogP contribution is -2.37. The highest BCUT2D eigenvalue weighted by atomic mass is 35.5. The van der Waals surface area contributed by atoms with Gasteiger partial charge < -0.3 is 15.5 Å². The normalized spacial score (nSPS) is 19.2. The van der Waals surface area contributed by atoms with E-state index in [0.717, 1.165) is 24.3 Å². The molecule has 1 aliphatic heterocycles. The van der Waals surface area contributed by atoms with E-state index in [1.165, 1.54) is 12.8 Å². The quantitative estimate of drug-likeness (QED) is 0.866. The predicted molar refractivity (Wildman–Crippen MR) is 86.3 cm³/mol. The molecule has 1 aromatic carbocycles. The minimum Gasteiger partial charge on any atom is -0.389 e. The third-order valence-corrected chi connectivity index (χ3v) is 4.04. The minimum absolute atomic E-state index is 0.350. The van der Waals surface area contributed by atoms with Crippen molar-refractivity contribution in [3.63, 3.8) is 0 Å². The first-order valence-electron chi connectivity index (χ1n) is 6.50. The molecule has 19 heavy (non-hydrogen) atoms. The summed E-state index contributed by atoms with van der Waals surface area (Å²) in [5, 5.41) is 0.639. The van der Waals surface area contributed by atoms with Crippen LogP contribution in [0.5, 0.6) is 0 Å². The molecule has 1 aliphatic rings. The minimum atomic E-state index is 0.350. The van der Waals surface area contributed by atoms with Crippen molar-refractivity contribution < 1.29 is 0 Å². The van der Waals surface area contributed by atoms with E-state index in [2.05, 4.69) is 30.0 Å². The SMILES string of the molecule is CN(C)CC1CCCN1c1ccc(C(N)=S)c(Cl)c1. The fourth-order valence-corrected chi connectivity index (χ4v) is 3.18. The maximum absolute atomic E-state index is 6.25. The number of likely N-dealkylation sites (N-methyl/N-ethyl adjacent to an activating group) is 1. The third-order valence-electron chi connectivity index (χ3n) is 3.50. The molecule has 5 heteroatoms. The van der Waals surface area contributed by atoms with Gasteiger partial charge in [0, 0.05) is 30.4 Å². The Hall–Kier alpha value is -0.840. The molecule has 0 amide bonds. The van der Waals surface area contributed by atoms with E-state index in [1.54, 1.807) is 0 Å². The first kappa shape index (κ1) is 14.6. The molecule has 0 bridgehead atoms. The number of hydrogen-bond donors (Lipinski definition) is 1. The Bertz CT molecular complexity index is 476. The number of anilines is 1. The largest absolute Gasteiger partial charge is 0.389 e. The van der Waals surface area contributed by atoms with E-state index in [-0.39, 0.29) is 0 Å². The lowest BCUT2D eigenvalue weighted by Gasteiger charge is -2.29. The van der Waals surface area contributed by atoms with Crippen LogP contribution in [0.3, 0.4) is 0 Å². The number of hydrogen-bond acceptors (Lipinski definition) is 3. The summed E-state index contributed by atoms with van der Waals surface area (Å²) >= 11 is 11.2. The highest BCUT2D eigenvalue weighted by Gasteiger charge is 2.25. The Morgan fingerprint density at radius 1 is 1.53 bits per heavy atom. The molecule has 2 rings (SSSR count). The highest BCUT2D eigenvalue weighted by molar-refractivity contribution is 7.80. The highest BCUT2D eigenvalue weighted by Crippen LogP contribution is 2.29. The molecule has 1 saturated heterocycles. The molecular weight excluding hydrogens is 278 g/mol. The maximum atomic E-state index is 6.25. The average Bonchev–Trinajstić information content (AvgIpc) is 2.75. The topological polar surface area (TPSA) is 32.5 Å². The predicted octanol–water partition coefficient (Wildman–Crippen LogP) is 2.50. The van der Waals surface area contributed by atoms with Gasteiger partial charge in [0.15, 0.2) is 0 Å². The van der Waals surface area contributed by atoms with Crippen LogP contribution in [0.4, 0.5) is 5.69 Å².